The van der Waals surface area contributed by atoms with Crippen LogP contribution in [0.4, 0.5) is 5.13 Å². The number of benzene rings is 3. The van der Waals surface area contributed by atoms with Crippen molar-refractivity contribution in [3.63, 3.8) is 0 Å². The molecule has 11 heteroatoms. The van der Waals surface area contributed by atoms with Crippen molar-refractivity contribution < 1.29 is 38.4 Å². The molecule has 0 radical (unpaired) electrons. The molecule has 1 aromatic heterocycles. The maximum absolute atomic E-state index is 13.7. The predicted molar refractivity (Wildman–Crippen MR) is 159 cm³/mol. The van der Waals surface area contributed by atoms with Gasteiger partial charge in [0.15, 0.2) is 16.6 Å². The van der Waals surface area contributed by atoms with Crippen LogP contribution in [0.1, 0.15) is 30.5 Å². The molecule has 1 aliphatic rings. The molecular formula is C31H30N2O8S. The number of hydrogen-bond donors (Lipinski definition) is 1. The lowest BCUT2D eigenvalue weighted by Gasteiger charge is -2.24. The van der Waals surface area contributed by atoms with E-state index < -0.39 is 17.7 Å². The number of carbonyl (C=O) groups is 2. The van der Waals surface area contributed by atoms with Crippen molar-refractivity contribution in [3.8, 4) is 28.7 Å². The number of ketones is 1. The van der Waals surface area contributed by atoms with Gasteiger partial charge in [-0.3, -0.25) is 14.5 Å². The van der Waals surface area contributed by atoms with Crippen LogP contribution in [0.2, 0.25) is 0 Å². The molecule has 2 heterocycles. The Morgan fingerprint density at radius 1 is 0.929 bits per heavy atom. The SMILES string of the molecule is CCCOc1cccc(/C(O)=C2\C(=O)C(=O)N(c3nc4ccc(OC)cc4s3)C2c2cc(OC)c(OC)c(OC)c2)c1. The van der Waals surface area contributed by atoms with Crippen LogP contribution in [-0.2, 0) is 9.59 Å². The zero-order valence-corrected chi connectivity index (χ0v) is 24.6. The molecule has 1 fully saturated rings. The van der Waals surface area contributed by atoms with Gasteiger partial charge in [0.25, 0.3) is 5.78 Å². The number of aromatic nitrogens is 1. The summed E-state index contributed by atoms with van der Waals surface area (Å²) in [5.74, 6) is 0.101. The summed E-state index contributed by atoms with van der Waals surface area (Å²) in [6.45, 7) is 2.48. The number of nitrogens with zero attached hydrogens (tertiary/aromatic N) is 2. The fourth-order valence-electron chi connectivity index (χ4n) is 4.84. The number of hydrogen-bond acceptors (Lipinski definition) is 10. The van der Waals surface area contributed by atoms with Gasteiger partial charge in [0.2, 0.25) is 5.75 Å². The van der Waals surface area contributed by atoms with Crippen LogP contribution in [0.3, 0.4) is 0 Å². The van der Waals surface area contributed by atoms with E-state index in [1.165, 1.54) is 37.6 Å². The van der Waals surface area contributed by atoms with Crippen LogP contribution in [0.5, 0.6) is 28.7 Å². The zero-order valence-electron chi connectivity index (χ0n) is 23.8. The molecule has 0 saturated carbocycles. The van der Waals surface area contributed by atoms with Crippen molar-refractivity contribution in [2.75, 3.05) is 39.9 Å². The highest BCUT2D eigenvalue weighted by Crippen LogP contribution is 2.48. The van der Waals surface area contributed by atoms with Gasteiger partial charge in [0.05, 0.1) is 56.9 Å². The second-order valence-corrected chi connectivity index (χ2v) is 10.3. The molecule has 5 rings (SSSR count). The lowest BCUT2D eigenvalue weighted by Crippen LogP contribution is -2.29. The number of methoxy groups -OCH3 is 4. The van der Waals surface area contributed by atoms with Crippen LogP contribution in [0.25, 0.3) is 16.0 Å². The van der Waals surface area contributed by atoms with Gasteiger partial charge in [-0.1, -0.05) is 30.4 Å². The molecule has 3 aromatic carbocycles. The number of ether oxygens (including phenoxy) is 5. The van der Waals surface area contributed by atoms with Crippen molar-refractivity contribution in [1.82, 2.24) is 4.98 Å². The Hall–Kier alpha value is -4.77. The van der Waals surface area contributed by atoms with E-state index in [0.717, 1.165) is 11.1 Å². The normalized spacial score (nSPS) is 16.1. The quantitative estimate of drug-likeness (QED) is 0.140. The van der Waals surface area contributed by atoms with E-state index in [1.54, 1.807) is 55.6 Å². The molecule has 4 aromatic rings. The van der Waals surface area contributed by atoms with Gasteiger partial charge in [0, 0.05) is 5.56 Å². The van der Waals surface area contributed by atoms with E-state index in [4.69, 9.17) is 23.7 Å². The van der Waals surface area contributed by atoms with E-state index in [2.05, 4.69) is 4.98 Å². The lowest BCUT2D eigenvalue weighted by molar-refractivity contribution is -0.132. The van der Waals surface area contributed by atoms with Crippen molar-refractivity contribution >= 4 is 44.1 Å². The molecule has 0 spiro atoms. The van der Waals surface area contributed by atoms with Crippen molar-refractivity contribution in [2.45, 2.75) is 19.4 Å². The Morgan fingerprint density at radius 3 is 2.31 bits per heavy atom. The van der Waals surface area contributed by atoms with E-state index in [1.807, 2.05) is 13.0 Å². The van der Waals surface area contributed by atoms with E-state index in [-0.39, 0.29) is 16.5 Å². The van der Waals surface area contributed by atoms with Gasteiger partial charge in [-0.15, -0.1) is 0 Å². The van der Waals surface area contributed by atoms with Gasteiger partial charge in [-0.25, -0.2) is 4.98 Å². The summed E-state index contributed by atoms with van der Waals surface area (Å²) in [6, 6.07) is 14.3. The third-order valence-corrected chi connectivity index (χ3v) is 7.84. The minimum atomic E-state index is -1.07. The largest absolute Gasteiger partial charge is 0.507 e. The summed E-state index contributed by atoms with van der Waals surface area (Å²) < 4.78 is 28.5. The first-order chi connectivity index (χ1) is 20.3. The molecule has 1 atom stereocenters. The maximum atomic E-state index is 13.7. The highest BCUT2D eigenvalue weighted by atomic mass is 32.1. The molecule has 1 aliphatic heterocycles. The Bertz CT molecular complexity index is 1670. The maximum Gasteiger partial charge on any atom is 0.301 e. The van der Waals surface area contributed by atoms with E-state index in [0.29, 0.717) is 52.0 Å². The van der Waals surface area contributed by atoms with Crippen LogP contribution in [0.15, 0.2) is 60.2 Å². The zero-order chi connectivity index (χ0) is 30.0. The second kappa shape index (κ2) is 12.0. The monoisotopic (exact) mass is 590 g/mol. The van der Waals surface area contributed by atoms with Crippen LogP contribution in [-0.4, -0.2) is 56.8 Å². The Kier molecular flexibility index (Phi) is 8.21. The number of rotatable bonds is 10. The number of amides is 1. The van der Waals surface area contributed by atoms with Crippen LogP contribution < -0.4 is 28.6 Å². The molecule has 0 bridgehead atoms. The van der Waals surface area contributed by atoms with Crippen molar-refractivity contribution in [2.24, 2.45) is 0 Å². The smallest absolute Gasteiger partial charge is 0.301 e. The van der Waals surface area contributed by atoms with Crippen molar-refractivity contribution in [1.29, 1.82) is 0 Å². The summed E-state index contributed by atoms with van der Waals surface area (Å²) in [5.41, 5.74) is 1.29. The van der Waals surface area contributed by atoms with Gasteiger partial charge in [-0.05, 0) is 54.4 Å². The van der Waals surface area contributed by atoms with E-state index in [9.17, 15) is 14.7 Å². The fourth-order valence-corrected chi connectivity index (χ4v) is 5.86. The fraction of sp³-hybridized carbons (Fsp3) is 0.258. The topological polar surface area (TPSA) is 117 Å². The standard InChI is InChI=1S/C31H30N2O8S/c1-6-12-41-20-9-7-8-17(13-20)27(34)25-26(18-14-22(38-3)29(40-5)23(15-18)39-4)33(30(36)28(25)35)31-32-21-11-10-19(37-2)16-24(21)42-31/h7-11,13-16,26,34H,6,12H2,1-5H3/b27-25+. The number of thiazole rings is 1. The molecule has 1 N–H and O–H groups in total. The first-order valence-electron chi connectivity index (χ1n) is 13.1. The summed E-state index contributed by atoms with van der Waals surface area (Å²) in [7, 11) is 5.99. The number of fused-ring (bicyclic) bond motifs is 1. The van der Waals surface area contributed by atoms with Gasteiger partial charge < -0.3 is 28.8 Å². The minimum Gasteiger partial charge on any atom is -0.507 e. The molecule has 218 valence electrons. The summed E-state index contributed by atoms with van der Waals surface area (Å²) in [4.78, 5) is 33.4. The lowest BCUT2D eigenvalue weighted by atomic mass is 9.94. The highest BCUT2D eigenvalue weighted by molar-refractivity contribution is 7.22. The van der Waals surface area contributed by atoms with E-state index >= 15 is 0 Å². The van der Waals surface area contributed by atoms with Crippen LogP contribution in [0, 0.1) is 0 Å². The second-order valence-electron chi connectivity index (χ2n) is 9.33. The van der Waals surface area contributed by atoms with Gasteiger partial charge in [-0.2, -0.15) is 0 Å². The molecule has 42 heavy (non-hydrogen) atoms. The number of aliphatic hydroxyl groups excluding tert-OH is 1. The average Bonchev–Trinajstić information content (AvgIpc) is 3.56. The molecule has 10 nitrogen and oxygen atoms in total. The van der Waals surface area contributed by atoms with Crippen LogP contribution >= 0.6 is 11.3 Å². The first-order valence-corrected chi connectivity index (χ1v) is 14.0. The molecule has 1 saturated heterocycles. The average molecular weight is 591 g/mol. The number of carbonyl (C=O) groups excluding carboxylic acids is 2. The summed E-state index contributed by atoms with van der Waals surface area (Å²) in [5, 5.41) is 11.9. The number of aliphatic hydroxyl groups is 1. The molecular weight excluding hydrogens is 560 g/mol. The minimum absolute atomic E-state index is 0.112. The third kappa shape index (κ3) is 5.07. The third-order valence-electron chi connectivity index (χ3n) is 6.82. The van der Waals surface area contributed by atoms with Gasteiger partial charge in [0.1, 0.15) is 17.3 Å². The Labute approximate surface area is 246 Å². The molecule has 0 aliphatic carbocycles. The first kappa shape index (κ1) is 28.7. The molecule has 1 unspecified atom stereocenters. The summed E-state index contributed by atoms with van der Waals surface area (Å²) >= 11 is 1.23. The predicted octanol–water partition coefficient (Wildman–Crippen LogP) is 5.75. The van der Waals surface area contributed by atoms with Gasteiger partial charge >= 0.3 is 5.91 Å². The number of anilines is 1. The Balaban J connectivity index is 1.75. The number of Topliss-reactive ketones (excluding diaryl/α,β-unsaturated/α-hetero) is 1. The highest BCUT2D eigenvalue weighted by Gasteiger charge is 2.48. The van der Waals surface area contributed by atoms with Crippen molar-refractivity contribution in [3.05, 3.63) is 71.3 Å². The Morgan fingerprint density at radius 2 is 1.67 bits per heavy atom. The summed E-state index contributed by atoms with van der Waals surface area (Å²) in [6.07, 6.45) is 0.802. The molecule has 1 amide bonds.